The van der Waals surface area contributed by atoms with E-state index >= 15 is 0 Å². The van der Waals surface area contributed by atoms with Gasteiger partial charge in [-0.05, 0) is 26.3 Å². The van der Waals surface area contributed by atoms with Crippen molar-refractivity contribution in [2.45, 2.75) is 39.3 Å². The minimum atomic E-state index is -0.360. The fourth-order valence-corrected chi connectivity index (χ4v) is 2.77. The fourth-order valence-electron chi connectivity index (χ4n) is 2.77. The largest absolute Gasteiger partial charge is 0.352 e. The first-order valence-electron chi connectivity index (χ1n) is 8.44. The molecule has 1 N–H and O–H groups in total. The van der Waals surface area contributed by atoms with Gasteiger partial charge in [-0.25, -0.2) is 0 Å². The molecule has 24 heavy (non-hydrogen) atoms. The number of nitrogens with zero attached hydrogens (tertiary/aromatic N) is 2. The second kappa shape index (κ2) is 6.87. The van der Waals surface area contributed by atoms with Crippen LogP contribution >= 0.6 is 0 Å². The molecule has 0 spiro atoms. The van der Waals surface area contributed by atoms with Gasteiger partial charge in [0.1, 0.15) is 11.7 Å². The lowest BCUT2D eigenvalue weighted by atomic mass is 10.1. The van der Waals surface area contributed by atoms with Gasteiger partial charge in [-0.1, -0.05) is 55.5 Å². The molecule has 4 nitrogen and oxygen atoms in total. The summed E-state index contributed by atoms with van der Waals surface area (Å²) >= 11 is 0. The number of hydrogen-bond donors (Lipinski definition) is 1. The van der Waals surface area contributed by atoms with Crippen molar-refractivity contribution in [3.8, 4) is 11.3 Å². The van der Waals surface area contributed by atoms with Crippen LogP contribution in [0.1, 0.15) is 33.2 Å². The van der Waals surface area contributed by atoms with E-state index in [1.807, 2.05) is 67.1 Å². The van der Waals surface area contributed by atoms with Crippen LogP contribution in [0.25, 0.3) is 22.2 Å². The van der Waals surface area contributed by atoms with Crippen molar-refractivity contribution in [2.24, 2.45) is 0 Å². The number of nitrogens with one attached hydrogen (secondary N) is 1. The van der Waals surface area contributed by atoms with Gasteiger partial charge in [0, 0.05) is 17.0 Å². The van der Waals surface area contributed by atoms with Gasteiger partial charge in [0.2, 0.25) is 5.91 Å². The molecule has 124 valence electrons. The zero-order chi connectivity index (χ0) is 17.1. The standard InChI is InChI=1S/C20H23N3O/c1-4-14(2)21-20(24)15(3)23-18-13-9-8-12-17(18)19(22-23)16-10-6-5-7-11-16/h5-15H,4H2,1-3H3,(H,21,24)/t14-,15+/m1/s1. The van der Waals surface area contributed by atoms with Crippen LogP contribution in [0.2, 0.25) is 0 Å². The van der Waals surface area contributed by atoms with Gasteiger partial charge in [-0.3, -0.25) is 9.48 Å². The maximum atomic E-state index is 12.5. The summed E-state index contributed by atoms with van der Waals surface area (Å²) in [7, 11) is 0. The number of rotatable bonds is 5. The smallest absolute Gasteiger partial charge is 0.244 e. The topological polar surface area (TPSA) is 46.9 Å². The summed E-state index contributed by atoms with van der Waals surface area (Å²) in [6.45, 7) is 5.97. The van der Waals surface area contributed by atoms with Crippen LogP contribution in [-0.4, -0.2) is 21.7 Å². The van der Waals surface area contributed by atoms with E-state index in [1.165, 1.54) is 0 Å². The molecule has 0 aliphatic heterocycles. The first-order chi connectivity index (χ1) is 11.6. The summed E-state index contributed by atoms with van der Waals surface area (Å²) in [5.41, 5.74) is 2.94. The predicted molar refractivity (Wildman–Crippen MR) is 97.8 cm³/mol. The Morgan fingerprint density at radius 3 is 2.46 bits per heavy atom. The average molecular weight is 321 g/mol. The summed E-state index contributed by atoms with van der Waals surface area (Å²) in [6, 6.07) is 17.9. The molecular formula is C20H23N3O. The molecule has 0 radical (unpaired) electrons. The zero-order valence-corrected chi connectivity index (χ0v) is 14.4. The molecular weight excluding hydrogens is 298 g/mol. The van der Waals surface area contributed by atoms with Crippen LogP contribution in [0.4, 0.5) is 0 Å². The number of carbonyl (C=O) groups is 1. The van der Waals surface area contributed by atoms with Crippen LogP contribution in [0.15, 0.2) is 54.6 Å². The van der Waals surface area contributed by atoms with Crippen LogP contribution in [0.5, 0.6) is 0 Å². The summed E-state index contributed by atoms with van der Waals surface area (Å²) < 4.78 is 1.83. The number of hydrogen-bond acceptors (Lipinski definition) is 2. The number of para-hydroxylation sites is 1. The molecule has 4 heteroatoms. The van der Waals surface area contributed by atoms with Crippen LogP contribution in [-0.2, 0) is 4.79 Å². The second-order valence-corrected chi connectivity index (χ2v) is 6.17. The van der Waals surface area contributed by atoms with Crippen molar-refractivity contribution in [2.75, 3.05) is 0 Å². The van der Waals surface area contributed by atoms with Crippen molar-refractivity contribution in [3.05, 3.63) is 54.6 Å². The Balaban J connectivity index is 2.04. The van der Waals surface area contributed by atoms with E-state index in [2.05, 4.69) is 18.3 Å². The molecule has 1 amide bonds. The first-order valence-corrected chi connectivity index (χ1v) is 8.44. The third-order valence-corrected chi connectivity index (χ3v) is 4.41. The van der Waals surface area contributed by atoms with E-state index in [1.54, 1.807) is 0 Å². The third kappa shape index (κ3) is 3.04. The molecule has 2 atom stereocenters. The molecule has 0 unspecified atom stereocenters. The molecule has 0 fully saturated rings. The van der Waals surface area contributed by atoms with E-state index in [9.17, 15) is 4.79 Å². The zero-order valence-electron chi connectivity index (χ0n) is 14.4. The summed E-state index contributed by atoms with van der Waals surface area (Å²) in [5, 5.41) is 8.87. The second-order valence-electron chi connectivity index (χ2n) is 6.17. The fraction of sp³-hybridized carbons (Fsp3) is 0.300. The molecule has 0 bridgehead atoms. The molecule has 1 aromatic heterocycles. The molecule has 2 aromatic carbocycles. The minimum Gasteiger partial charge on any atom is -0.352 e. The number of amides is 1. The monoisotopic (exact) mass is 321 g/mol. The van der Waals surface area contributed by atoms with Crippen molar-refractivity contribution in [1.29, 1.82) is 0 Å². The maximum absolute atomic E-state index is 12.5. The Morgan fingerprint density at radius 2 is 1.75 bits per heavy atom. The van der Waals surface area contributed by atoms with E-state index in [0.29, 0.717) is 0 Å². The normalized spacial score (nSPS) is 13.6. The lowest BCUT2D eigenvalue weighted by molar-refractivity contribution is -0.124. The van der Waals surface area contributed by atoms with Gasteiger partial charge in [-0.2, -0.15) is 5.10 Å². The average Bonchev–Trinajstić information content (AvgIpc) is 3.01. The predicted octanol–water partition coefficient (Wildman–Crippen LogP) is 4.18. The highest BCUT2D eigenvalue weighted by atomic mass is 16.2. The Hall–Kier alpha value is -2.62. The highest BCUT2D eigenvalue weighted by Crippen LogP contribution is 2.29. The Bertz CT molecular complexity index is 838. The van der Waals surface area contributed by atoms with Gasteiger partial charge in [0.15, 0.2) is 0 Å². The molecule has 0 saturated heterocycles. The van der Waals surface area contributed by atoms with Gasteiger partial charge in [0.25, 0.3) is 0 Å². The van der Waals surface area contributed by atoms with Crippen molar-refractivity contribution in [3.63, 3.8) is 0 Å². The number of carbonyl (C=O) groups excluding carboxylic acids is 1. The molecule has 3 rings (SSSR count). The highest BCUT2D eigenvalue weighted by molar-refractivity contribution is 5.94. The summed E-state index contributed by atoms with van der Waals surface area (Å²) in [4.78, 5) is 12.5. The van der Waals surface area contributed by atoms with E-state index in [0.717, 1.165) is 28.6 Å². The van der Waals surface area contributed by atoms with Crippen LogP contribution in [0, 0.1) is 0 Å². The quantitative estimate of drug-likeness (QED) is 0.766. The third-order valence-electron chi connectivity index (χ3n) is 4.41. The Morgan fingerprint density at radius 1 is 1.08 bits per heavy atom. The molecule has 0 saturated carbocycles. The molecule has 3 aromatic rings. The summed E-state index contributed by atoms with van der Waals surface area (Å²) in [5.74, 6) is -0.00258. The lowest BCUT2D eigenvalue weighted by Crippen LogP contribution is -2.37. The van der Waals surface area contributed by atoms with Crippen LogP contribution < -0.4 is 5.32 Å². The van der Waals surface area contributed by atoms with Crippen molar-refractivity contribution < 1.29 is 4.79 Å². The van der Waals surface area contributed by atoms with Crippen LogP contribution in [0.3, 0.4) is 0 Å². The number of benzene rings is 2. The van der Waals surface area contributed by atoms with Gasteiger partial charge >= 0.3 is 0 Å². The lowest BCUT2D eigenvalue weighted by Gasteiger charge is -2.17. The van der Waals surface area contributed by atoms with Crippen molar-refractivity contribution >= 4 is 16.8 Å². The maximum Gasteiger partial charge on any atom is 0.244 e. The molecule has 0 aliphatic rings. The van der Waals surface area contributed by atoms with Crippen molar-refractivity contribution in [1.82, 2.24) is 15.1 Å². The van der Waals surface area contributed by atoms with Gasteiger partial charge in [0.05, 0.1) is 5.52 Å². The Kier molecular flexibility index (Phi) is 4.65. The van der Waals surface area contributed by atoms with E-state index in [4.69, 9.17) is 5.10 Å². The number of fused-ring (bicyclic) bond motifs is 1. The van der Waals surface area contributed by atoms with E-state index < -0.39 is 0 Å². The number of aromatic nitrogens is 2. The van der Waals surface area contributed by atoms with E-state index in [-0.39, 0.29) is 18.0 Å². The SMILES string of the molecule is CC[C@@H](C)NC(=O)[C@H](C)n1nc(-c2ccccc2)c2ccccc21. The minimum absolute atomic E-state index is 0.00258. The Labute approximate surface area is 142 Å². The highest BCUT2D eigenvalue weighted by Gasteiger charge is 2.21. The van der Waals surface area contributed by atoms with Gasteiger partial charge in [-0.15, -0.1) is 0 Å². The first kappa shape index (κ1) is 16.2. The van der Waals surface area contributed by atoms with Gasteiger partial charge < -0.3 is 5.32 Å². The molecule has 1 heterocycles. The molecule has 0 aliphatic carbocycles. The summed E-state index contributed by atoms with van der Waals surface area (Å²) in [6.07, 6.45) is 0.910.